The molecule has 0 atom stereocenters. The van der Waals surface area contributed by atoms with Crippen molar-refractivity contribution in [1.82, 2.24) is 10.2 Å². The van der Waals surface area contributed by atoms with Crippen molar-refractivity contribution >= 4 is 11.8 Å². The van der Waals surface area contributed by atoms with Gasteiger partial charge in [-0.05, 0) is 62.8 Å². The normalized spacial score (nSPS) is 16.8. The molecule has 4 rings (SSSR count). The third-order valence-corrected chi connectivity index (χ3v) is 6.74. The zero-order valence-electron chi connectivity index (χ0n) is 20.0. The van der Waals surface area contributed by atoms with E-state index in [-0.39, 0.29) is 24.0 Å². The minimum absolute atomic E-state index is 0.0308. The number of benzene rings is 2. The molecule has 2 aromatic rings. The van der Waals surface area contributed by atoms with E-state index in [2.05, 4.69) is 5.32 Å². The quantitative estimate of drug-likeness (QED) is 0.637. The van der Waals surface area contributed by atoms with Gasteiger partial charge in [-0.2, -0.15) is 0 Å². The fourth-order valence-electron chi connectivity index (χ4n) is 4.76. The summed E-state index contributed by atoms with van der Waals surface area (Å²) < 4.78 is 16.9. The van der Waals surface area contributed by atoms with Gasteiger partial charge in [0.05, 0.1) is 26.7 Å². The fourth-order valence-corrected chi connectivity index (χ4v) is 4.76. The predicted octanol–water partition coefficient (Wildman–Crippen LogP) is 3.99. The Labute approximate surface area is 201 Å². The van der Waals surface area contributed by atoms with Gasteiger partial charge in [-0.1, -0.05) is 18.2 Å². The lowest BCUT2D eigenvalue weighted by molar-refractivity contribution is -0.131. The highest BCUT2D eigenvalue weighted by Crippen LogP contribution is 2.32. The number of hydrogen-bond donors (Lipinski definition) is 1. The smallest absolute Gasteiger partial charge is 0.251 e. The van der Waals surface area contributed by atoms with Crippen molar-refractivity contribution in [3.8, 4) is 17.2 Å². The summed E-state index contributed by atoms with van der Waals surface area (Å²) in [7, 11) is 3.21. The van der Waals surface area contributed by atoms with Gasteiger partial charge in [0.25, 0.3) is 5.91 Å². The second kappa shape index (κ2) is 11.3. The van der Waals surface area contributed by atoms with Gasteiger partial charge in [0.1, 0.15) is 5.75 Å². The van der Waals surface area contributed by atoms with E-state index in [9.17, 15) is 9.59 Å². The van der Waals surface area contributed by atoms with Gasteiger partial charge in [-0.15, -0.1) is 0 Å². The van der Waals surface area contributed by atoms with E-state index in [4.69, 9.17) is 14.2 Å². The Bertz CT molecular complexity index is 994. The van der Waals surface area contributed by atoms with Crippen LogP contribution in [0.2, 0.25) is 0 Å². The fraction of sp³-hybridized carbons (Fsp3) is 0.481. The van der Waals surface area contributed by atoms with Gasteiger partial charge in [0.2, 0.25) is 5.91 Å². The summed E-state index contributed by atoms with van der Waals surface area (Å²) in [6, 6.07) is 13.0. The van der Waals surface area contributed by atoms with Gasteiger partial charge in [0, 0.05) is 30.3 Å². The van der Waals surface area contributed by atoms with E-state index in [0.717, 1.165) is 37.0 Å². The number of rotatable bonds is 8. The molecule has 182 valence electrons. The zero-order valence-corrected chi connectivity index (χ0v) is 20.0. The summed E-state index contributed by atoms with van der Waals surface area (Å²) in [6.07, 6.45) is 6.50. The molecule has 1 aliphatic carbocycles. The van der Waals surface area contributed by atoms with Crippen LogP contribution in [0.3, 0.4) is 0 Å². The number of para-hydroxylation sites is 1. The van der Waals surface area contributed by atoms with Crippen molar-refractivity contribution in [3.05, 3.63) is 53.6 Å². The van der Waals surface area contributed by atoms with Crippen molar-refractivity contribution in [2.75, 3.05) is 27.3 Å². The third kappa shape index (κ3) is 5.82. The Balaban J connectivity index is 1.29. The standard InChI is InChI=1S/C27H34N2O5/c1-32-23-10-6-3-7-19(23)18-26(30)29-15-13-21(14-16-29)28-27(31)20-11-12-24(25(17-20)33-2)34-22-8-4-5-9-22/h3,6-7,10-12,17,21-22H,4-5,8-9,13-16,18H2,1-2H3,(H,28,31). The van der Waals surface area contributed by atoms with Crippen LogP contribution in [0, 0.1) is 0 Å². The Hall–Kier alpha value is -3.22. The monoisotopic (exact) mass is 466 g/mol. The maximum Gasteiger partial charge on any atom is 0.251 e. The van der Waals surface area contributed by atoms with Crippen molar-refractivity contribution in [3.63, 3.8) is 0 Å². The van der Waals surface area contributed by atoms with Gasteiger partial charge in [-0.25, -0.2) is 0 Å². The number of amides is 2. The van der Waals surface area contributed by atoms with Crippen LogP contribution in [0.25, 0.3) is 0 Å². The van der Waals surface area contributed by atoms with Crippen LogP contribution in [0.1, 0.15) is 54.4 Å². The summed E-state index contributed by atoms with van der Waals surface area (Å²) in [5.41, 5.74) is 1.44. The van der Waals surface area contributed by atoms with Gasteiger partial charge in [0.15, 0.2) is 11.5 Å². The predicted molar refractivity (Wildman–Crippen MR) is 130 cm³/mol. The summed E-state index contributed by atoms with van der Waals surface area (Å²) in [5, 5.41) is 3.11. The molecule has 1 aliphatic heterocycles. The molecule has 0 bridgehead atoms. The van der Waals surface area contributed by atoms with Crippen molar-refractivity contribution in [1.29, 1.82) is 0 Å². The van der Waals surface area contributed by atoms with Crippen LogP contribution >= 0.6 is 0 Å². The molecule has 0 radical (unpaired) electrons. The third-order valence-electron chi connectivity index (χ3n) is 6.74. The highest BCUT2D eigenvalue weighted by molar-refractivity contribution is 5.95. The highest BCUT2D eigenvalue weighted by atomic mass is 16.5. The summed E-state index contributed by atoms with van der Waals surface area (Å²) in [6.45, 7) is 1.24. The van der Waals surface area contributed by atoms with Crippen LogP contribution in [-0.2, 0) is 11.2 Å². The topological polar surface area (TPSA) is 77.1 Å². The molecule has 7 nitrogen and oxygen atoms in total. The number of likely N-dealkylation sites (tertiary alicyclic amines) is 1. The van der Waals surface area contributed by atoms with E-state index in [1.165, 1.54) is 12.8 Å². The molecular weight excluding hydrogens is 432 g/mol. The first kappa shape index (κ1) is 23.9. The van der Waals surface area contributed by atoms with Crippen LogP contribution in [0.15, 0.2) is 42.5 Å². The minimum atomic E-state index is -0.135. The molecule has 2 amide bonds. The summed E-state index contributed by atoms with van der Waals surface area (Å²) in [4.78, 5) is 27.5. The molecule has 7 heteroatoms. The van der Waals surface area contributed by atoms with Crippen molar-refractivity contribution in [2.45, 2.75) is 57.1 Å². The number of nitrogens with zero attached hydrogens (tertiary/aromatic N) is 1. The molecule has 2 aromatic carbocycles. The lowest BCUT2D eigenvalue weighted by Gasteiger charge is -2.32. The lowest BCUT2D eigenvalue weighted by atomic mass is 10.0. The molecule has 1 saturated heterocycles. The maximum absolute atomic E-state index is 12.9. The molecular formula is C27H34N2O5. The summed E-state index contributed by atoms with van der Waals surface area (Å²) >= 11 is 0. The van der Waals surface area contributed by atoms with Gasteiger partial charge in [-0.3, -0.25) is 9.59 Å². The molecule has 0 aromatic heterocycles. The van der Waals surface area contributed by atoms with E-state index >= 15 is 0 Å². The number of ether oxygens (including phenoxy) is 3. The maximum atomic E-state index is 12.9. The summed E-state index contributed by atoms with van der Waals surface area (Å²) in [5.74, 6) is 1.94. The Morgan fingerprint density at radius 3 is 2.32 bits per heavy atom. The van der Waals surface area contributed by atoms with Crippen LogP contribution in [0.4, 0.5) is 0 Å². The number of hydrogen-bond acceptors (Lipinski definition) is 5. The van der Waals surface area contributed by atoms with Gasteiger partial charge < -0.3 is 24.4 Å². The van der Waals surface area contributed by atoms with E-state index < -0.39 is 0 Å². The zero-order chi connectivity index (χ0) is 23.9. The van der Waals surface area contributed by atoms with E-state index in [1.807, 2.05) is 35.2 Å². The molecule has 34 heavy (non-hydrogen) atoms. The Morgan fingerprint density at radius 2 is 1.62 bits per heavy atom. The molecule has 2 aliphatic rings. The molecule has 1 N–H and O–H groups in total. The Morgan fingerprint density at radius 1 is 0.912 bits per heavy atom. The first-order valence-electron chi connectivity index (χ1n) is 12.1. The minimum Gasteiger partial charge on any atom is -0.496 e. The molecule has 2 fully saturated rings. The van der Waals surface area contributed by atoms with E-state index in [0.29, 0.717) is 36.6 Å². The number of methoxy groups -OCH3 is 2. The van der Waals surface area contributed by atoms with E-state index in [1.54, 1.807) is 26.4 Å². The SMILES string of the molecule is COc1ccccc1CC(=O)N1CCC(NC(=O)c2ccc(OC3CCCC3)c(OC)c2)CC1. The molecule has 1 saturated carbocycles. The number of carbonyl (C=O) groups excluding carboxylic acids is 2. The molecule has 1 heterocycles. The number of carbonyl (C=O) groups is 2. The van der Waals surface area contributed by atoms with Crippen LogP contribution in [0.5, 0.6) is 17.2 Å². The van der Waals surface area contributed by atoms with Gasteiger partial charge >= 0.3 is 0 Å². The van der Waals surface area contributed by atoms with Crippen molar-refractivity contribution in [2.24, 2.45) is 0 Å². The van der Waals surface area contributed by atoms with Crippen LogP contribution in [-0.4, -0.2) is 56.2 Å². The average molecular weight is 467 g/mol. The Kier molecular flexibility index (Phi) is 7.93. The second-order valence-electron chi connectivity index (χ2n) is 9.01. The average Bonchev–Trinajstić information content (AvgIpc) is 3.38. The van der Waals surface area contributed by atoms with Crippen molar-refractivity contribution < 1.29 is 23.8 Å². The first-order chi connectivity index (χ1) is 16.6. The largest absolute Gasteiger partial charge is 0.496 e. The highest BCUT2D eigenvalue weighted by Gasteiger charge is 2.25. The molecule has 0 spiro atoms. The number of piperidine rings is 1. The number of nitrogens with one attached hydrogen (secondary N) is 1. The lowest BCUT2D eigenvalue weighted by Crippen LogP contribution is -2.47. The van der Waals surface area contributed by atoms with Crippen LogP contribution < -0.4 is 19.5 Å². The molecule has 0 unspecified atom stereocenters. The first-order valence-corrected chi connectivity index (χ1v) is 12.1. The second-order valence-corrected chi connectivity index (χ2v) is 9.01.